The van der Waals surface area contributed by atoms with Crippen LogP contribution in [-0.2, 0) is 22.3 Å². The van der Waals surface area contributed by atoms with Gasteiger partial charge >= 0.3 is 12.1 Å². The van der Waals surface area contributed by atoms with Crippen molar-refractivity contribution in [1.29, 1.82) is 0 Å². The van der Waals surface area contributed by atoms with E-state index in [4.69, 9.17) is 4.74 Å². The highest BCUT2D eigenvalue weighted by Gasteiger charge is 2.35. The molecule has 0 fully saturated rings. The molecule has 17 heavy (non-hydrogen) atoms. The SMILES string of the molecule is CCOC(=O)Cn1nc(C(F)(F)F)cc1OC. The molecule has 1 aromatic heterocycles. The lowest BCUT2D eigenvalue weighted by Gasteiger charge is -2.05. The van der Waals surface area contributed by atoms with Crippen LogP contribution in [0.4, 0.5) is 13.2 Å². The summed E-state index contributed by atoms with van der Waals surface area (Å²) in [5.41, 5.74) is -1.11. The minimum absolute atomic E-state index is 0.147. The number of methoxy groups -OCH3 is 1. The van der Waals surface area contributed by atoms with Crippen molar-refractivity contribution in [3.8, 4) is 5.88 Å². The lowest BCUT2D eigenvalue weighted by molar-refractivity contribution is -0.146. The number of carbonyl (C=O) groups is 1. The second-order valence-corrected chi connectivity index (χ2v) is 3.03. The van der Waals surface area contributed by atoms with Crippen LogP contribution in [0.15, 0.2) is 6.07 Å². The van der Waals surface area contributed by atoms with Crippen LogP contribution >= 0.6 is 0 Å². The molecule has 96 valence electrons. The first-order chi connectivity index (χ1) is 7.88. The molecule has 0 atom stereocenters. The lowest BCUT2D eigenvalue weighted by Crippen LogP contribution is -2.16. The van der Waals surface area contributed by atoms with Crippen LogP contribution in [0.3, 0.4) is 0 Å². The summed E-state index contributed by atoms with van der Waals surface area (Å²) in [6, 6.07) is 0.721. The standard InChI is InChI=1S/C9H11F3N2O3/c1-3-17-8(15)5-14-7(16-2)4-6(13-14)9(10,11)12/h4H,3,5H2,1-2H3. The lowest BCUT2D eigenvalue weighted by atomic mass is 10.4. The molecule has 0 aliphatic rings. The molecule has 0 aromatic carbocycles. The summed E-state index contributed by atoms with van der Waals surface area (Å²) in [7, 11) is 1.19. The molecular weight excluding hydrogens is 241 g/mol. The van der Waals surface area contributed by atoms with Crippen LogP contribution in [0.25, 0.3) is 0 Å². The monoisotopic (exact) mass is 252 g/mol. The van der Waals surface area contributed by atoms with Crippen LogP contribution in [0.5, 0.6) is 5.88 Å². The van der Waals surface area contributed by atoms with Crippen molar-refractivity contribution < 1.29 is 27.4 Å². The predicted octanol–water partition coefficient (Wildman–Crippen LogP) is 1.47. The predicted molar refractivity (Wildman–Crippen MR) is 50.4 cm³/mol. The van der Waals surface area contributed by atoms with Gasteiger partial charge in [-0.15, -0.1) is 0 Å². The van der Waals surface area contributed by atoms with Crippen molar-refractivity contribution in [3.63, 3.8) is 0 Å². The quantitative estimate of drug-likeness (QED) is 0.761. The zero-order chi connectivity index (χ0) is 13.1. The van der Waals surface area contributed by atoms with E-state index >= 15 is 0 Å². The third kappa shape index (κ3) is 3.36. The molecular formula is C9H11F3N2O3. The van der Waals surface area contributed by atoms with Crippen molar-refractivity contribution in [1.82, 2.24) is 9.78 Å². The van der Waals surface area contributed by atoms with Gasteiger partial charge in [-0.1, -0.05) is 0 Å². The average Bonchev–Trinajstić information content (AvgIpc) is 2.60. The summed E-state index contributed by atoms with van der Waals surface area (Å²) in [6.07, 6.45) is -4.58. The van der Waals surface area contributed by atoms with Crippen LogP contribution in [0, 0.1) is 0 Å². The van der Waals surface area contributed by atoms with E-state index < -0.39 is 24.4 Å². The summed E-state index contributed by atoms with van der Waals surface area (Å²) in [5, 5.41) is 3.24. The molecule has 0 radical (unpaired) electrons. The Balaban J connectivity index is 2.91. The van der Waals surface area contributed by atoms with E-state index in [1.165, 1.54) is 7.11 Å². The van der Waals surface area contributed by atoms with E-state index in [0.717, 1.165) is 10.7 Å². The number of aromatic nitrogens is 2. The number of carbonyl (C=O) groups excluding carboxylic acids is 1. The number of halogens is 3. The van der Waals surface area contributed by atoms with Crippen molar-refractivity contribution >= 4 is 5.97 Å². The number of hydrogen-bond donors (Lipinski definition) is 0. The Morgan fingerprint density at radius 1 is 1.53 bits per heavy atom. The molecule has 0 N–H and O–H groups in total. The summed E-state index contributed by atoms with van der Waals surface area (Å²) in [5.74, 6) is -0.826. The first kappa shape index (κ1) is 13.3. The molecule has 0 saturated heterocycles. The summed E-state index contributed by atoms with van der Waals surface area (Å²) < 4.78 is 47.2. The van der Waals surface area contributed by atoms with Crippen molar-refractivity contribution in [2.45, 2.75) is 19.6 Å². The van der Waals surface area contributed by atoms with Crippen molar-refractivity contribution in [2.24, 2.45) is 0 Å². The molecule has 0 bridgehead atoms. The number of alkyl halides is 3. The highest BCUT2D eigenvalue weighted by molar-refractivity contribution is 5.69. The Morgan fingerprint density at radius 3 is 2.65 bits per heavy atom. The fourth-order valence-corrected chi connectivity index (χ4v) is 1.14. The third-order valence-electron chi connectivity index (χ3n) is 1.83. The van der Waals surface area contributed by atoms with Crippen LogP contribution in [0.1, 0.15) is 12.6 Å². The van der Waals surface area contributed by atoms with Gasteiger partial charge in [0, 0.05) is 6.07 Å². The number of nitrogens with zero attached hydrogens (tertiary/aromatic N) is 2. The molecule has 0 unspecified atom stereocenters. The zero-order valence-electron chi connectivity index (χ0n) is 9.24. The number of hydrogen-bond acceptors (Lipinski definition) is 4. The van der Waals surface area contributed by atoms with Crippen molar-refractivity contribution in [3.05, 3.63) is 11.8 Å². The molecule has 0 aliphatic heterocycles. The van der Waals surface area contributed by atoms with Gasteiger partial charge in [0.05, 0.1) is 13.7 Å². The van der Waals surface area contributed by atoms with Gasteiger partial charge < -0.3 is 9.47 Å². The Kier molecular flexibility index (Phi) is 3.97. The van der Waals surface area contributed by atoms with Gasteiger partial charge in [0.15, 0.2) is 5.69 Å². The highest BCUT2D eigenvalue weighted by Crippen LogP contribution is 2.30. The molecule has 1 rings (SSSR count). The van der Waals surface area contributed by atoms with Crippen molar-refractivity contribution in [2.75, 3.05) is 13.7 Å². The molecule has 5 nitrogen and oxygen atoms in total. The highest BCUT2D eigenvalue weighted by atomic mass is 19.4. The summed E-state index contributed by atoms with van der Waals surface area (Å²) in [6.45, 7) is 1.32. The van der Waals surface area contributed by atoms with E-state index in [2.05, 4.69) is 9.84 Å². The van der Waals surface area contributed by atoms with Gasteiger partial charge in [-0.05, 0) is 6.92 Å². The Bertz CT molecular complexity index is 401. The zero-order valence-corrected chi connectivity index (χ0v) is 9.24. The van der Waals surface area contributed by atoms with E-state index in [9.17, 15) is 18.0 Å². The van der Waals surface area contributed by atoms with E-state index in [0.29, 0.717) is 0 Å². The molecule has 0 aliphatic carbocycles. The fraction of sp³-hybridized carbons (Fsp3) is 0.556. The van der Waals surface area contributed by atoms with Gasteiger partial charge in [-0.3, -0.25) is 4.79 Å². The normalized spacial score (nSPS) is 11.4. The van der Waals surface area contributed by atoms with E-state index in [-0.39, 0.29) is 12.5 Å². The topological polar surface area (TPSA) is 53.4 Å². The van der Waals surface area contributed by atoms with Crippen LogP contribution < -0.4 is 4.74 Å². The van der Waals surface area contributed by atoms with E-state index in [1.807, 2.05) is 0 Å². The molecule has 8 heteroatoms. The third-order valence-corrected chi connectivity index (χ3v) is 1.83. The molecule has 0 spiro atoms. The maximum Gasteiger partial charge on any atom is 0.435 e. The average molecular weight is 252 g/mol. The second kappa shape index (κ2) is 5.07. The number of esters is 1. The maximum atomic E-state index is 12.4. The fourth-order valence-electron chi connectivity index (χ4n) is 1.14. The number of ether oxygens (including phenoxy) is 2. The van der Waals surface area contributed by atoms with Gasteiger partial charge in [0.2, 0.25) is 5.88 Å². The van der Waals surface area contributed by atoms with Gasteiger partial charge in [0.25, 0.3) is 0 Å². The number of rotatable bonds is 4. The summed E-state index contributed by atoms with van der Waals surface area (Å²) >= 11 is 0. The molecule has 0 saturated carbocycles. The Labute approximate surface area is 95.1 Å². The van der Waals surface area contributed by atoms with Crippen LogP contribution in [0.2, 0.25) is 0 Å². The van der Waals surface area contributed by atoms with Crippen LogP contribution in [-0.4, -0.2) is 29.5 Å². The second-order valence-electron chi connectivity index (χ2n) is 3.03. The molecule has 0 amide bonds. The minimum Gasteiger partial charge on any atom is -0.481 e. The maximum absolute atomic E-state index is 12.4. The van der Waals surface area contributed by atoms with Gasteiger partial charge in [-0.2, -0.15) is 18.3 Å². The summed E-state index contributed by atoms with van der Waals surface area (Å²) in [4.78, 5) is 11.1. The first-order valence-corrected chi connectivity index (χ1v) is 4.73. The first-order valence-electron chi connectivity index (χ1n) is 4.73. The van der Waals surface area contributed by atoms with Gasteiger partial charge in [-0.25, -0.2) is 4.68 Å². The Morgan fingerprint density at radius 2 is 2.18 bits per heavy atom. The van der Waals surface area contributed by atoms with E-state index in [1.54, 1.807) is 6.92 Å². The Hall–Kier alpha value is -1.73. The van der Waals surface area contributed by atoms with Gasteiger partial charge in [0.1, 0.15) is 6.54 Å². The molecule has 1 heterocycles. The largest absolute Gasteiger partial charge is 0.481 e. The minimum atomic E-state index is -4.58. The molecule has 1 aromatic rings. The smallest absolute Gasteiger partial charge is 0.435 e.